The van der Waals surface area contributed by atoms with Crippen LogP contribution in [0.1, 0.15) is 21.6 Å². The third-order valence-corrected chi connectivity index (χ3v) is 2.86. The Morgan fingerprint density at radius 1 is 1.12 bits per heavy atom. The van der Waals surface area contributed by atoms with E-state index in [1.807, 2.05) is 0 Å². The topological polar surface area (TPSA) is 78.9 Å². The van der Waals surface area contributed by atoms with Gasteiger partial charge in [0.2, 0.25) is 5.88 Å². The first-order valence-corrected chi connectivity index (χ1v) is 5.98. The van der Waals surface area contributed by atoms with Crippen LogP contribution >= 0.6 is 0 Å². The SMILES string of the molecule is N#Cc1ccc(-n2nc(C(F)(F)F)c(C(=O)C(F)(F)F)c2O)cc1.[Cu]. The first-order chi connectivity index (χ1) is 11.0. The number of halogens is 6. The molecule has 25 heavy (non-hydrogen) atoms. The third-order valence-electron chi connectivity index (χ3n) is 2.86. The zero-order valence-electron chi connectivity index (χ0n) is 11.6. The molecule has 0 spiro atoms. The molecule has 0 atom stereocenters. The maximum atomic E-state index is 12.9. The smallest absolute Gasteiger partial charge is 0.455 e. The molecular weight excluding hydrogens is 408 g/mol. The van der Waals surface area contributed by atoms with E-state index in [9.17, 15) is 36.2 Å². The third kappa shape index (κ3) is 3.94. The molecule has 0 bridgehead atoms. The van der Waals surface area contributed by atoms with Crippen molar-refractivity contribution in [2.24, 2.45) is 0 Å². The summed E-state index contributed by atoms with van der Waals surface area (Å²) in [5.41, 5.74) is -4.29. The Morgan fingerprint density at radius 2 is 1.64 bits per heavy atom. The second-order valence-electron chi connectivity index (χ2n) is 4.44. The molecule has 137 valence electrons. The quantitative estimate of drug-likeness (QED) is 0.467. The summed E-state index contributed by atoms with van der Waals surface area (Å²) in [6.45, 7) is 0. The number of carbonyl (C=O) groups is 1. The van der Waals surface area contributed by atoms with E-state index in [0.29, 0.717) is 0 Å². The number of carbonyl (C=O) groups excluding carboxylic acids is 1. The normalized spacial score (nSPS) is 11.6. The summed E-state index contributed by atoms with van der Waals surface area (Å²) < 4.78 is 76.2. The van der Waals surface area contributed by atoms with Crippen LogP contribution in [-0.4, -0.2) is 26.8 Å². The minimum absolute atomic E-state index is 0. The van der Waals surface area contributed by atoms with Crippen molar-refractivity contribution in [1.82, 2.24) is 9.78 Å². The zero-order chi connectivity index (χ0) is 18.3. The summed E-state index contributed by atoms with van der Waals surface area (Å²) in [5.74, 6) is -4.47. The van der Waals surface area contributed by atoms with Crippen LogP contribution in [0.5, 0.6) is 5.88 Å². The molecule has 0 saturated heterocycles. The molecule has 1 N–H and O–H groups in total. The summed E-state index contributed by atoms with van der Waals surface area (Å²) in [6, 6.07) is 6.12. The van der Waals surface area contributed by atoms with Gasteiger partial charge in [-0.1, -0.05) is 0 Å². The molecule has 2 rings (SSSR count). The fourth-order valence-corrected chi connectivity index (χ4v) is 1.82. The second kappa shape index (κ2) is 6.78. The van der Waals surface area contributed by atoms with Gasteiger partial charge in [0.25, 0.3) is 5.78 Å². The zero-order valence-corrected chi connectivity index (χ0v) is 12.5. The van der Waals surface area contributed by atoms with Crippen molar-refractivity contribution >= 4 is 5.78 Å². The van der Waals surface area contributed by atoms with Crippen molar-refractivity contribution in [3.63, 3.8) is 0 Å². The number of rotatable bonds is 2. The average molecular weight is 413 g/mol. The van der Waals surface area contributed by atoms with E-state index in [0.717, 1.165) is 24.3 Å². The number of hydrogen-bond acceptors (Lipinski definition) is 4. The summed E-state index contributed by atoms with van der Waals surface area (Å²) in [5, 5.41) is 21.2. The first kappa shape index (κ1) is 20.5. The van der Waals surface area contributed by atoms with Crippen molar-refractivity contribution in [2.75, 3.05) is 0 Å². The number of nitrogens with zero attached hydrogens (tertiary/aromatic N) is 3. The Kier molecular flexibility index (Phi) is 5.57. The molecule has 12 heteroatoms. The largest absolute Gasteiger partial charge is 0.493 e. The number of alkyl halides is 6. The van der Waals surface area contributed by atoms with Crippen LogP contribution < -0.4 is 0 Å². The van der Waals surface area contributed by atoms with Crippen molar-refractivity contribution in [2.45, 2.75) is 12.4 Å². The average Bonchev–Trinajstić information content (AvgIpc) is 2.83. The minimum Gasteiger partial charge on any atom is -0.493 e. The molecule has 0 aliphatic rings. The minimum atomic E-state index is -5.63. The van der Waals surface area contributed by atoms with Crippen LogP contribution in [0, 0.1) is 11.3 Å². The summed E-state index contributed by atoms with van der Waals surface area (Å²) in [7, 11) is 0. The van der Waals surface area contributed by atoms with E-state index in [-0.39, 0.29) is 33.0 Å². The van der Waals surface area contributed by atoms with Gasteiger partial charge in [-0.25, -0.2) is 0 Å². The van der Waals surface area contributed by atoms with E-state index in [4.69, 9.17) is 5.26 Å². The van der Waals surface area contributed by atoms with E-state index in [1.165, 1.54) is 0 Å². The molecule has 0 amide bonds. The van der Waals surface area contributed by atoms with E-state index >= 15 is 0 Å². The Balaban J connectivity index is 0.00000312. The van der Waals surface area contributed by atoms with Gasteiger partial charge in [0.05, 0.1) is 17.3 Å². The van der Waals surface area contributed by atoms with Crippen LogP contribution in [-0.2, 0) is 23.2 Å². The Hall–Kier alpha value is -2.51. The number of nitriles is 1. The predicted octanol–water partition coefficient (Wildman–Crippen LogP) is 3.21. The van der Waals surface area contributed by atoms with Gasteiger partial charge in [-0.2, -0.15) is 41.4 Å². The van der Waals surface area contributed by atoms with Crippen LogP contribution in [0.4, 0.5) is 26.3 Å². The molecule has 0 fully saturated rings. The molecule has 0 unspecified atom stereocenters. The molecule has 1 heterocycles. The van der Waals surface area contributed by atoms with Crippen LogP contribution in [0.2, 0.25) is 0 Å². The Morgan fingerprint density at radius 3 is 2.04 bits per heavy atom. The summed E-state index contributed by atoms with van der Waals surface area (Å²) in [4.78, 5) is 11.2. The number of aromatic hydroxyl groups is 1. The van der Waals surface area contributed by atoms with Crippen LogP contribution in [0.15, 0.2) is 24.3 Å². The summed E-state index contributed by atoms with van der Waals surface area (Å²) >= 11 is 0. The van der Waals surface area contributed by atoms with Gasteiger partial charge in [0, 0.05) is 17.1 Å². The fourth-order valence-electron chi connectivity index (χ4n) is 1.82. The maximum Gasteiger partial charge on any atom is 0.455 e. The molecule has 1 aromatic carbocycles. The van der Waals surface area contributed by atoms with Crippen molar-refractivity contribution < 1.29 is 53.3 Å². The van der Waals surface area contributed by atoms with Gasteiger partial charge in [0.15, 0.2) is 5.69 Å². The Labute approximate surface area is 145 Å². The number of Topliss-reactive ketones (excluding diaryl/α,β-unsaturated/α-hetero) is 1. The Bertz CT molecular complexity index is 834. The molecule has 0 aliphatic heterocycles. The van der Waals surface area contributed by atoms with Gasteiger partial charge in [0.1, 0.15) is 5.56 Å². The molecule has 1 aromatic heterocycles. The van der Waals surface area contributed by atoms with Gasteiger partial charge in [-0.3, -0.25) is 4.79 Å². The molecule has 0 aliphatic carbocycles. The van der Waals surface area contributed by atoms with Gasteiger partial charge in [-0.05, 0) is 24.3 Å². The van der Waals surface area contributed by atoms with E-state index < -0.39 is 35.3 Å². The monoisotopic (exact) mass is 412 g/mol. The van der Waals surface area contributed by atoms with Gasteiger partial charge < -0.3 is 5.11 Å². The van der Waals surface area contributed by atoms with E-state index in [2.05, 4.69) is 5.10 Å². The molecule has 0 saturated carbocycles. The number of benzene rings is 1. The molecule has 2 aromatic rings. The van der Waals surface area contributed by atoms with Crippen LogP contribution in [0.3, 0.4) is 0 Å². The van der Waals surface area contributed by atoms with Crippen LogP contribution in [0.25, 0.3) is 5.69 Å². The number of ketones is 1. The van der Waals surface area contributed by atoms with Crippen molar-refractivity contribution in [3.05, 3.63) is 41.1 Å². The molecular formula is C13H5CuF6N3O2. The fraction of sp³-hybridized carbons (Fsp3) is 0.154. The predicted molar refractivity (Wildman–Crippen MR) is 65.3 cm³/mol. The van der Waals surface area contributed by atoms with Crippen molar-refractivity contribution in [3.8, 4) is 17.6 Å². The maximum absolute atomic E-state index is 12.9. The summed E-state index contributed by atoms with van der Waals surface area (Å²) in [6.07, 6.45) is -11.0. The standard InChI is InChI=1S/C13H5F6N3O2.Cu/c14-12(15,16)9-8(10(23)13(17,18)19)11(24)22(21-9)7-3-1-6(5-20)2-4-7;/h1-4,24H;. The molecule has 5 nitrogen and oxygen atoms in total. The first-order valence-electron chi connectivity index (χ1n) is 5.98. The van der Waals surface area contributed by atoms with Gasteiger partial charge >= 0.3 is 12.4 Å². The second-order valence-corrected chi connectivity index (χ2v) is 4.44. The number of aromatic nitrogens is 2. The molecule has 1 radical (unpaired) electrons. The van der Waals surface area contributed by atoms with Crippen molar-refractivity contribution in [1.29, 1.82) is 5.26 Å². The van der Waals surface area contributed by atoms with Gasteiger partial charge in [-0.15, -0.1) is 0 Å². The number of hydrogen-bond donors (Lipinski definition) is 1. The van der Waals surface area contributed by atoms with E-state index in [1.54, 1.807) is 6.07 Å².